The maximum absolute atomic E-state index is 11.6. The van der Waals surface area contributed by atoms with Gasteiger partial charge < -0.3 is 11.1 Å². The van der Waals surface area contributed by atoms with Crippen LogP contribution in [0.2, 0.25) is 0 Å². The Balaban J connectivity index is 2.39. The van der Waals surface area contributed by atoms with E-state index in [9.17, 15) is 4.79 Å². The lowest BCUT2D eigenvalue weighted by Crippen LogP contribution is -2.16. The quantitative estimate of drug-likeness (QED) is 0.821. The van der Waals surface area contributed by atoms with Crippen molar-refractivity contribution >= 4 is 22.4 Å². The van der Waals surface area contributed by atoms with E-state index in [0.29, 0.717) is 29.9 Å². The number of hydrogen-bond acceptors (Lipinski definition) is 4. The normalized spacial score (nSPS) is 12.8. The molecule has 0 aliphatic carbocycles. The van der Waals surface area contributed by atoms with Gasteiger partial charge in [-0.25, -0.2) is 4.98 Å². The van der Waals surface area contributed by atoms with Gasteiger partial charge in [0.2, 0.25) is 5.91 Å². The highest BCUT2D eigenvalue weighted by molar-refractivity contribution is 7.13. The zero-order valence-electron chi connectivity index (χ0n) is 10.7. The molecule has 17 heavy (non-hydrogen) atoms. The number of carbonyl (C=O) groups excluding carboxylic acids is 1. The first-order valence-electron chi connectivity index (χ1n) is 5.98. The number of aromatic nitrogens is 1. The molecule has 0 spiro atoms. The van der Waals surface area contributed by atoms with Crippen LogP contribution in [0.1, 0.15) is 45.2 Å². The molecule has 1 aromatic rings. The van der Waals surface area contributed by atoms with Crippen LogP contribution in [-0.4, -0.2) is 17.4 Å². The maximum atomic E-state index is 11.6. The minimum absolute atomic E-state index is 0.0231. The number of nitrogens with one attached hydrogen (secondary N) is 1. The fourth-order valence-electron chi connectivity index (χ4n) is 1.29. The van der Waals surface area contributed by atoms with E-state index >= 15 is 0 Å². The molecule has 1 rings (SSSR count). The molecule has 0 aromatic carbocycles. The fraction of sp³-hybridized carbons (Fsp3) is 0.667. The molecule has 1 aromatic heterocycles. The zero-order valence-corrected chi connectivity index (χ0v) is 11.5. The number of nitrogens with zero attached hydrogens (tertiary/aromatic N) is 1. The van der Waals surface area contributed by atoms with E-state index in [1.165, 1.54) is 11.3 Å². The van der Waals surface area contributed by atoms with Crippen LogP contribution in [0.4, 0.5) is 5.13 Å². The third-order valence-electron chi connectivity index (χ3n) is 2.63. The van der Waals surface area contributed by atoms with Gasteiger partial charge in [0.1, 0.15) is 0 Å². The first-order chi connectivity index (χ1) is 8.02. The van der Waals surface area contributed by atoms with Gasteiger partial charge in [0.05, 0.1) is 5.69 Å². The van der Waals surface area contributed by atoms with E-state index < -0.39 is 0 Å². The Kier molecular flexibility index (Phi) is 5.58. The van der Waals surface area contributed by atoms with Crippen molar-refractivity contribution in [1.82, 2.24) is 4.98 Å². The second kappa shape index (κ2) is 6.71. The molecule has 0 bridgehead atoms. The molecule has 4 nitrogen and oxygen atoms in total. The summed E-state index contributed by atoms with van der Waals surface area (Å²) in [5.41, 5.74) is 6.53. The van der Waals surface area contributed by atoms with Crippen LogP contribution in [0, 0.1) is 5.92 Å². The number of thiazole rings is 1. The number of carbonyl (C=O) groups is 1. The Morgan fingerprint density at radius 2 is 2.24 bits per heavy atom. The summed E-state index contributed by atoms with van der Waals surface area (Å²) in [5.74, 6) is 0.812. The molecular weight excluding hydrogens is 234 g/mol. The van der Waals surface area contributed by atoms with Crippen molar-refractivity contribution in [3.63, 3.8) is 0 Å². The molecule has 1 unspecified atom stereocenters. The first-order valence-corrected chi connectivity index (χ1v) is 6.86. The summed E-state index contributed by atoms with van der Waals surface area (Å²) in [4.78, 5) is 16.0. The van der Waals surface area contributed by atoms with E-state index in [1.54, 1.807) is 0 Å². The predicted molar refractivity (Wildman–Crippen MR) is 72.3 cm³/mol. The topological polar surface area (TPSA) is 68.0 Å². The number of amides is 1. The summed E-state index contributed by atoms with van der Waals surface area (Å²) in [7, 11) is 0. The molecule has 0 fully saturated rings. The van der Waals surface area contributed by atoms with Crippen LogP contribution in [-0.2, 0) is 4.79 Å². The van der Waals surface area contributed by atoms with Gasteiger partial charge in [-0.15, -0.1) is 11.3 Å². The highest BCUT2D eigenvalue weighted by atomic mass is 32.1. The SMILES string of the molecule is CC(CN)CCC(=O)Nc1nc(C(C)C)cs1. The van der Waals surface area contributed by atoms with Crippen molar-refractivity contribution in [3.05, 3.63) is 11.1 Å². The molecule has 1 amide bonds. The number of nitrogens with two attached hydrogens (primary N) is 1. The first kappa shape index (κ1) is 14.1. The lowest BCUT2D eigenvalue weighted by atomic mass is 10.1. The molecule has 1 heterocycles. The summed E-state index contributed by atoms with van der Waals surface area (Å²) in [6.07, 6.45) is 1.33. The highest BCUT2D eigenvalue weighted by Crippen LogP contribution is 2.21. The van der Waals surface area contributed by atoms with E-state index in [-0.39, 0.29) is 5.91 Å². The Morgan fingerprint density at radius 1 is 1.53 bits per heavy atom. The van der Waals surface area contributed by atoms with Crippen molar-refractivity contribution in [3.8, 4) is 0 Å². The monoisotopic (exact) mass is 255 g/mol. The second-order valence-electron chi connectivity index (χ2n) is 4.66. The summed E-state index contributed by atoms with van der Waals surface area (Å²) in [6, 6.07) is 0. The third-order valence-corrected chi connectivity index (χ3v) is 3.40. The summed E-state index contributed by atoms with van der Waals surface area (Å²) < 4.78 is 0. The van der Waals surface area contributed by atoms with Gasteiger partial charge in [0.25, 0.3) is 0 Å². The second-order valence-corrected chi connectivity index (χ2v) is 5.52. The molecule has 1 atom stereocenters. The smallest absolute Gasteiger partial charge is 0.226 e. The zero-order chi connectivity index (χ0) is 12.8. The van der Waals surface area contributed by atoms with Gasteiger partial charge in [-0.1, -0.05) is 20.8 Å². The minimum atomic E-state index is 0.0231. The molecule has 5 heteroatoms. The number of rotatable bonds is 6. The molecule has 0 radical (unpaired) electrons. The van der Waals surface area contributed by atoms with Gasteiger partial charge in [-0.3, -0.25) is 4.79 Å². The standard InChI is InChI=1S/C12H21N3OS/c1-8(2)10-7-17-12(14-10)15-11(16)5-4-9(3)6-13/h7-9H,4-6,13H2,1-3H3,(H,14,15,16). The summed E-state index contributed by atoms with van der Waals surface area (Å²) in [6.45, 7) is 6.85. The highest BCUT2D eigenvalue weighted by Gasteiger charge is 2.09. The third kappa shape index (κ3) is 4.83. The predicted octanol–water partition coefficient (Wildman–Crippen LogP) is 2.58. The number of anilines is 1. The Morgan fingerprint density at radius 3 is 2.76 bits per heavy atom. The van der Waals surface area contributed by atoms with Crippen LogP contribution >= 0.6 is 11.3 Å². The van der Waals surface area contributed by atoms with Crippen LogP contribution in [0.5, 0.6) is 0 Å². The lowest BCUT2D eigenvalue weighted by molar-refractivity contribution is -0.116. The van der Waals surface area contributed by atoms with Gasteiger partial charge in [0, 0.05) is 11.8 Å². The fourth-order valence-corrected chi connectivity index (χ4v) is 2.17. The van der Waals surface area contributed by atoms with E-state index in [1.807, 2.05) is 12.3 Å². The van der Waals surface area contributed by atoms with Crippen molar-refractivity contribution in [2.75, 3.05) is 11.9 Å². The summed E-state index contributed by atoms with van der Waals surface area (Å²) >= 11 is 1.48. The van der Waals surface area contributed by atoms with Gasteiger partial charge in [-0.2, -0.15) is 0 Å². The van der Waals surface area contributed by atoms with Crippen molar-refractivity contribution in [2.45, 2.75) is 39.5 Å². The van der Waals surface area contributed by atoms with Crippen LogP contribution in [0.3, 0.4) is 0 Å². The molecule has 96 valence electrons. The van der Waals surface area contributed by atoms with Gasteiger partial charge >= 0.3 is 0 Å². The van der Waals surface area contributed by atoms with E-state index in [4.69, 9.17) is 5.73 Å². The van der Waals surface area contributed by atoms with Crippen molar-refractivity contribution < 1.29 is 4.79 Å². The Labute approximate surface area is 107 Å². The van der Waals surface area contributed by atoms with Crippen LogP contribution in [0.25, 0.3) is 0 Å². The Bertz CT molecular complexity index is 362. The molecule has 0 saturated carbocycles. The minimum Gasteiger partial charge on any atom is -0.330 e. The lowest BCUT2D eigenvalue weighted by Gasteiger charge is -2.07. The number of hydrogen-bond donors (Lipinski definition) is 2. The maximum Gasteiger partial charge on any atom is 0.226 e. The largest absolute Gasteiger partial charge is 0.330 e. The average Bonchev–Trinajstić information content (AvgIpc) is 2.74. The molecule has 0 aliphatic heterocycles. The average molecular weight is 255 g/mol. The molecular formula is C12H21N3OS. The van der Waals surface area contributed by atoms with Gasteiger partial charge in [-0.05, 0) is 24.8 Å². The Hall–Kier alpha value is -0.940. The van der Waals surface area contributed by atoms with Crippen LogP contribution in [0.15, 0.2) is 5.38 Å². The van der Waals surface area contributed by atoms with Crippen molar-refractivity contribution in [1.29, 1.82) is 0 Å². The van der Waals surface area contributed by atoms with Gasteiger partial charge in [0.15, 0.2) is 5.13 Å². The summed E-state index contributed by atoms with van der Waals surface area (Å²) in [5, 5.41) is 5.51. The molecule has 3 N–H and O–H groups in total. The van der Waals surface area contributed by atoms with E-state index in [0.717, 1.165) is 12.1 Å². The van der Waals surface area contributed by atoms with E-state index in [2.05, 4.69) is 24.1 Å². The molecule has 0 aliphatic rings. The molecule has 0 saturated heterocycles. The van der Waals surface area contributed by atoms with Crippen molar-refractivity contribution in [2.24, 2.45) is 11.7 Å². The van der Waals surface area contributed by atoms with Crippen LogP contribution < -0.4 is 11.1 Å².